The van der Waals surface area contributed by atoms with Crippen LogP contribution in [0.2, 0.25) is 10.0 Å². The van der Waals surface area contributed by atoms with E-state index in [1.165, 1.54) is 29.0 Å². The highest BCUT2D eigenvalue weighted by atomic mass is 35.5. The molecule has 0 spiro atoms. The Balaban J connectivity index is 2.92. The lowest BCUT2D eigenvalue weighted by atomic mass is 10.2. The highest BCUT2D eigenvalue weighted by Gasteiger charge is 2.18. The van der Waals surface area contributed by atoms with Crippen LogP contribution in [0.3, 0.4) is 0 Å². The number of anilines is 1. The van der Waals surface area contributed by atoms with Gasteiger partial charge in [-0.1, -0.05) is 23.2 Å². The van der Waals surface area contributed by atoms with E-state index in [1.54, 1.807) is 14.1 Å². The number of halogens is 2. The second-order valence-electron chi connectivity index (χ2n) is 4.30. The van der Waals surface area contributed by atoms with Crippen LogP contribution in [0.25, 0.3) is 0 Å². The monoisotopic (exact) mass is 303 g/mol. The van der Waals surface area contributed by atoms with Crippen LogP contribution in [-0.4, -0.2) is 49.3 Å². The molecule has 7 heteroatoms. The fourth-order valence-electron chi connectivity index (χ4n) is 1.34. The Hall–Kier alpha value is -1.46. The number of hydrogen-bond donors (Lipinski definition) is 1. The van der Waals surface area contributed by atoms with Crippen LogP contribution in [-0.2, 0) is 4.79 Å². The van der Waals surface area contributed by atoms with Crippen molar-refractivity contribution >= 4 is 40.7 Å². The Morgan fingerprint density at radius 3 is 2.05 bits per heavy atom. The van der Waals surface area contributed by atoms with Crippen LogP contribution in [0.15, 0.2) is 12.1 Å². The van der Waals surface area contributed by atoms with E-state index in [-0.39, 0.29) is 34.1 Å². The van der Waals surface area contributed by atoms with Crippen LogP contribution in [0.4, 0.5) is 5.69 Å². The molecule has 0 fully saturated rings. The van der Waals surface area contributed by atoms with Crippen molar-refractivity contribution in [3.63, 3.8) is 0 Å². The summed E-state index contributed by atoms with van der Waals surface area (Å²) in [5.41, 5.74) is 6.12. The minimum absolute atomic E-state index is 0.0224. The zero-order chi connectivity index (χ0) is 14.7. The van der Waals surface area contributed by atoms with Gasteiger partial charge in [-0.25, -0.2) is 0 Å². The third-order valence-electron chi connectivity index (χ3n) is 2.54. The van der Waals surface area contributed by atoms with Gasteiger partial charge in [0.2, 0.25) is 5.91 Å². The second-order valence-corrected chi connectivity index (χ2v) is 5.12. The molecule has 19 heavy (non-hydrogen) atoms. The maximum absolute atomic E-state index is 12.1. The van der Waals surface area contributed by atoms with Crippen molar-refractivity contribution in [1.82, 2.24) is 9.80 Å². The average molecular weight is 304 g/mol. The van der Waals surface area contributed by atoms with Crippen molar-refractivity contribution < 1.29 is 9.59 Å². The topological polar surface area (TPSA) is 66.6 Å². The minimum atomic E-state index is -0.348. The zero-order valence-corrected chi connectivity index (χ0v) is 12.4. The van der Waals surface area contributed by atoms with E-state index >= 15 is 0 Å². The van der Waals surface area contributed by atoms with Gasteiger partial charge in [-0.3, -0.25) is 9.59 Å². The first-order valence-corrected chi connectivity index (χ1v) is 6.19. The Labute approximate surface area is 121 Å². The zero-order valence-electron chi connectivity index (χ0n) is 10.9. The van der Waals surface area contributed by atoms with E-state index < -0.39 is 0 Å². The number of hydrogen-bond acceptors (Lipinski definition) is 3. The van der Waals surface area contributed by atoms with Crippen molar-refractivity contribution in [3.8, 4) is 0 Å². The molecule has 0 aliphatic carbocycles. The lowest BCUT2D eigenvalue weighted by molar-refractivity contribution is -0.129. The molecule has 0 bridgehead atoms. The molecule has 1 aromatic carbocycles. The van der Waals surface area contributed by atoms with Gasteiger partial charge in [0.15, 0.2) is 0 Å². The van der Waals surface area contributed by atoms with Crippen molar-refractivity contribution in [2.45, 2.75) is 0 Å². The molecule has 2 amide bonds. The molecule has 0 saturated carbocycles. The lowest BCUT2D eigenvalue weighted by Crippen LogP contribution is -2.37. The quantitative estimate of drug-likeness (QED) is 0.865. The van der Waals surface area contributed by atoms with Gasteiger partial charge in [-0.05, 0) is 12.1 Å². The molecule has 0 aromatic heterocycles. The maximum Gasteiger partial charge on any atom is 0.254 e. The number of carbonyl (C=O) groups excluding carboxylic acids is 2. The summed E-state index contributed by atoms with van der Waals surface area (Å²) in [6, 6.07) is 2.86. The van der Waals surface area contributed by atoms with Crippen LogP contribution < -0.4 is 5.73 Å². The van der Waals surface area contributed by atoms with E-state index in [2.05, 4.69) is 0 Å². The number of benzene rings is 1. The van der Waals surface area contributed by atoms with Gasteiger partial charge in [-0.2, -0.15) is 0 Å². The molecular formula is C12H15Cl2N3O2. The second kappa shape index (κ2) is 6.12. The van der Waals surface area contributed by atoms with Gasteiger partial charge in [-0.15, -0.1) is 0 Å². The normalized spacial score (nSPS) is 10.2. The molecule has 104 valence electrons. The SMILES string of the molecule is CN(C)C(=O)CN(C)C(=O)c1cc(Cl)c(N)c(Cl)c1. The van der Waals surface area contributed by atoms with E-state index in [0.29, 0.717) is 5.56 Å². The molecule has 0 aliphatic rings. The first-order valence-electron chi connectivity index (χ1n) is 5.44. The molecule has 5 nitrogen and oxygen atoms in total. The number of amides is 2. The summed E-state index contributed by atoms with van der Waals surface area (Å²) in [5, 5.41) is 0.423. The highest BCUT2D eigenvalue weighted by Crippen LogP contribution is 2.29. The summed E-state index contributed by atoms with van der Waals surface area (Å²) in [6.45, 7) is -0.0224. The van der Waals surface area contributed by atoms with E-state index in [0.717, 1.165) is 0 Å². The molecule has 0 aliphatic heterocycles. The van der Waals surface area contributed by atoms with Gasteiger partial charge in [0.05, 0.1) is 22.3 Å². The fourth-order valence-corrected chi connectivity index (χ4v) is 1.83. The number of nitrogens with zero attached hydrogens (tertiary/aromatic N) is 2. The van der Waals surface area contributed by atoms with Gasteiger partial charge < -0.3 is 15.5 Å². The molecule has 0 radical (unpaired) electrons. The lowest BCUT2D eigenvalue weighted by Gasteiger charge is -2.19. The van der Waals surface area contributed by atoms with Gasteiger partial charge in [0.25, 0.3) is 5.91 Å². The van der Waals surface area contributed by atoms with Gasteiger partial charge in [0.1, 0.15) is 0 Å². The summed E-state index contributed by atoms with van der Waals surface area (Å²) in [4.78, 5) is 26.4. The smallest absolute Gasteiger partial charge is 0.254 e. The number of carbonyl (C=O) groups is 2. The van der Waals surface area contributed by atoms with Crippen LogP contribution in [0.1, 0.15) is 10.4 Å². The summed E-state index contributed by atoms with van der Waals surface area (Å²) >= 11 is 11.7. The third kappa shape index (κ3) is 3.75. The van der Waals surface area contributed by atoms with Gasteiger partial charge >= 0.3 is 0 Å². The Morgan fingerprint density at radius 2 is 1.63 bits per heavy atom. The van der Waals surface area contributed by atoms with Crippen LogP contribution in [0, 0.1) is 0 Å². The summed E-state index contributed by atoms with van der Waals surface area (Å²) < 4.78 is 0. The average Bonchev–Trinajstić information content (AvgIpc) is 2.33. The first kappa shape index (κ1) is 15.6. The number of nitrogen functional groups attached to an aromatic ring is 1. The number of rotatable bonds is 3. The molecule has 1 rings (SSSR count). The Bertz CT molecular complexity index is 495. The number of nitrogens with two attached hydrogens (primary N) is 1. The molecule has 2 N–H and O–H groups in total. The van der Waals surface area contributed by atoms with Crippen LogP contribution >= 0.6 is 23.2 Å². The van der Waals surface area contributed by atoms with Crippen molar-refractivity contribution in [3.05, 3.63) is 27.7 Å². The summed E-state index contributed by atoms with van der Waals surface area (Å²) in [5.74, 6) is -0.525. The summed E-state index contributed by atoms with van der Waals surface area (Å²) in [7, 11) is 4.77. The largest absolute Gasteiger partial charge is 0.396 e. The molecule has 0 unspecified atom stereocenters. The van der Waals surface area contributed by atoms with Crippen molar-refractivity contribution in [2.24, 2.45) is 0 Å². The molecule has 0 atom stereocenters. The van der Waals surface area contributed by atoms with Crippen LogP contribution in [0.5, 0.6) is 0 Å². The van der Waals surface area contributed by atoms with Gasteiger partial charge in [0, 0.05) is 26.7 Å². The standard InChI is InChI=1S/C12H15Cl2N3O2/c1-16(2)10(18)6-17(3)12(19)7-4-8(13)11(15)9(14)5-7/h4-5H,6,15H2,1-3H3. The van der Waals surface area contributed by atoms with E-state index in [1.807, 2.05) is 0 Å². The van der Waals surface area contributed by atoms with E-state index in [9.17, 15) is 9.59 Å². The third-order valence-corrected chi connectivity index (χ3v) is 3.17. The fraction of sp³-hybridized carbons (Fsp3) is 0.333. The molecule has 1 aromatic rings. The Morgan fingerprint density at radius 1 is 1.16 bits per heavy atom. The van der Waals surface area contributed by atoms with Crippen molar-refractivity contribution in [1.29, 1.82) is 0 Å². The molecule has 0 heterocycles. The molecule has 0 saturated heterocycles. The number of likely N-dealkylation sites (N-methyl/N-ethyl adjacent to an activating group) is 2. The predicted octanol–water partition coefficient (Wildman–Crippen LogP) is 1.74. The predicted molar refractivity (Wildman–Crippen MR) is 76.5 cm³/mol. The molecular weight excluding hydrogens is 289 g/mol. The maximum atomic E-state index is 12.1. The van der Waals surface area contributed by atoms with Crippen molar-refractivity contribution in [2.75, 3.05) is 33.4 Å². The Kier molecular flexibility index (Phi) is 5.03. The van der Waals surface area contributed by atoms with E-state index in [4.69, 9.17) is 28.9 Å². The highest BCUT2D eigenvalue weighted by molar-refractivity contribution is 6.39. The minimum Gasteiger partial charge on any atom is -0.396 e. The summed E-state index contributed by atoms with van der Waals surface area (Å²) in [6.07, 6.45) is 0. The first-order chi connectivity index (χ1) is 8.73.